The molecule has 2 amide bonds. The minimum Gasteiger partial charge on any atom is -0.292 e. The Hall–Kier alpha value is -2.39. The number of benzene rings is 2. The van der Waals surface area contributed by atoms with Crippen LogP contribution < -0.4 is 5.32 Å². The fraction of sp³-hybridized carbons (Fsp3) is 0.0588. The molecular weight excluding hydrogens is 286 g/mol. The molecule has 2 aromatic rings. The molecule has 0 aromatic heterocycles. The highest BCUT2D eigenvalue weighted by Gasteiger charge is 2.31. The molecule has 0 fully saturated rings. The second kappa shape index (κ2) is 5.54. The Balaban J connectivity index is 2.13. The Morgan fingerprint density at radius 2 is 1.71 bits per heavy atom. The fourth-order valence-electron chi connectivity index (χ4n) is 2.49. The molecule has 0 saturated carbocycles. The zero-order valence-electron chi connectivity index (χ0n) is 11.0. The Bertz CT molecular complexity index is 737. The zero-order chi connectivity index (χ0) is 14.8. The van der Waals surface area contributed by atoms with E-state index in [4.69, 9.17) is 11.6 Å². The van der Waals surface area contributed by atoms with E-state index >= 15 is 0 Å². The van der Waals surface area contributed by atoms with E-state index in [0.29, 0.717) is 10.6 Å². The Labute approximate surface area is 127 Å². The third-order valence-corrected chi connectivity index (χ3v) is 3.63. The maximum Gasteiger partial charge on any atom is 0.250 e. The lowest BCUT2D eigenvalue weighted by atomic mass is 9.84. The molecule has 2 aromatic carbocycles. The van der Waals surface area contributed by atoms with Crippen LogP contribution in [0.2, 0.25) is 5.02 Å². The van der Waals surface area contributed by atoms with Gasteiger partial charge in [-0.3, -0.25) is 14.9 Å². The number of hydrogen-bond acceptors (Lipinski definition) is 2. The van der Waals surface area contributed by atoms with Gasteiger partial charge in [-0.25, -0.2) is 0 Å². The van der Waals surface area contributed by atoms with Gasteiger partial charge in [-0.1, -0.05) is 54.1 Å². The van der Waals surface area contributed by atoms with Crippen LogP contribution in [-0.4, -0.2) is 11.8 Å². The first-order chi connectivity index (χ1) is 10.1. The second-order valence-electron chi connectivity index (χ2n) is 4.81. The molecule has 1 aliphatic rings. The monoisotopic (exact) mass is 297 g/mol. The fourth-order valence-corrected chi connectivity index (χ4v) is 2.68. The number of carbonyl (C=O) groups is 2. The highest BCUT2D eigenvalue weighted by Crippen LogP contribution is 2.35. The number of halogens is 1. The first-order valence-corrected chi connectivity index (χ1v) is 6.90. The minimum atomic E-state index is -0.512. The maximum absolute atomic E-state index is 12.3. The van der Waals surface area contributed by atoms with Crippen LogP contribution in [-0.2, 0) is 9.59 Å². The lowest BCUT2D eigenvalue weighted by Crippen LogP contribution is -2.38. The van der Waals surface area contributed by atoms with Crippen LogP contribution in [0.5, 0.6) is 0 Å². The van der Waals surface area contributed by atoms with Gasteiger partial charge in [0.25, 0.3) is 5.91 Å². The number of imide groups is 1. The molecule has 3 rings (SSSR count). The maximum atomic E-state index is 12.3. The number of rotatable bonds is 2. The van der Waals surface area contributed by atoms with Crippen molar-refractivity contribution in [2.75, 3.05) is 0 Å². The molecular formula is C17H12ClNO2. The van der Waals surface area contributed by atoms with E-state index < -0.39 is 11.8 Å². The first kappa shape index (κ1) is 13.6. The molecule has 1 N–H and O–H groups in total. The normalized spacial score (nSPS) is 18.1. The van der Waals surface area contributed by atoms with Crippen molar-refractivity contribution in [2.45, 2.75) is 5.92 Å². The van der Waals surface area contributed by atoms with E-state index in [2.05, 4.69) is 5.32 Å². The van der Waals surface area contributed by atoms with Gasteiger partial charge in [0.2, 0.25) is 5.91 Å². The van der Waals surface area contributed by atoms with Gasteiger partial charge in [0.1, 0.15) is 0 Å². The molecule has 1 atom stereocenters. The van der Waals surface area contributed by atoms with Crippen LogP contribution in [0.1, 0.15) is 17.0 Å². The van der Waals surface area contributed by atoms with Gasteiger partial charge >= 0.3 is 0 Å². The summed E-state index contributed by atoms with van der Waals surface area (Å²) in [4.78, 5) is 23.9. The predicted molar refractivity (Wildman–Crippen MR) is 81.8 cm³/mol. The second-order valence-corrected chi connectivity index (χ2v) is 5.24. The average molecular weight is 298 g/mol. The number of nitrogens with one attached hydrogen (secondary N) is 1. The molecule has 1 aliphatic heterocycles. The quantitative estimate of drug-likeness (QED) is 0.866. The van der Waals surface area contributed by atoms with E-state index in [1.54, 1.807) is 18.2 Å². The van der Waals surface area contributed by atoms with Gasteiger partial charge in [0.15, 0.2) is 0 Å². The lowest BCUT2D eigenvalue weighted by Gasteiger charge is -2.24. The minimum absolute atomic E-state index is 0.316. The molecule has 0 saturated heterocycles. The number of amides is 2. The number of carbonyl (C=O) groups excluding carboxylic acids is 2. The summed E-state index contributed by atoms with van der Waals surface area (Å²) in [7, 11) is 0. The van der Waals surface area contributed by atoms with Crippen LogP contribution in [0.4, 0.5) is 0 Å². The number of hydrogen-bond donors (Lipinski definition) is 1. The largest absolute Gasteiger partial charge is 0.292 e. The summed E-state index contributed by atoms with van der Waals surface area (Å²) >= 11 is 6.02. The topological polar surface area (TPSA) is 46.2 Å². The van der Waals surface area contributed by atoms with E-state index in [1.807, 2.05) is 36.4 Å². The van der Waals surface area contributed by atoms with Crippen LogP contribution in [0, 0.1) is 0 Å². The smallest absolute Gasteiger partial charge is 0.250 e. The lowest BCUT2D eigenvalue weighted by molar-refractivity contribution is -0.128. The van der Waals surface area contributed by atoms with Crippen LogP contribution in [0.3, 0.4) is 0 Å². The van der Waals surface area contributed by atoms with Crippen molar-refractivity contribution in [1.29, 1.82) is 0 Å². The van der Waals surface area contributed by atoms with E-state index in [0.717, 1.165) is 11.1 Å². The highest BCUT2D eigenvalue weighted by atomic mass is 35.5. The summed E-state index contributed by atoms with van der Waals surface area (Å²) in [6.45, 7) is 0. The van der Waals surface area contributed by atoms with Gasteiger partial charge in [0, 0.05) is 11.1 Å². The van der Waals surface area contributed by atoms with Crippen LogP contribution in [0.15, 0.2) is 60.7 Å². The van der Waals surface area contributed by atoms with E-state index in [9.17, 15) is 9.59 Å². The van der Waals surface area contributed by atoms with Gasteiger partial charge in [-0.15, -0.1) is 0 Å². The molecule has 0 spiro atoms. The summed E-state index contributed by atoms with van der Waals surface area (Å²) in [6, 6.07) is 16.5. The summed E-state index contributed by atoms with van der Waals surface area (Å²) in [5, 5.41) is 2.92. The van der Waals surface area contributed by atoms with Crippen molar-refractivity contribution in [3.8, 4) is 0 Å². The summed E-state index contributed by atoms with van der Waals surface area (Å²) in [6.07, 6.45) is 1.46. The molecule has 21 heavy (non-hydrogen) atoms. The zero-order valence-corrected chi connectivity index (χ0v) is 11.8. The molecule has 0 aliphatic carbocycles. The van der Waals surface area contributed by atoms with Crippen molar-refractivity contribution < 1.29 is 9.59 Å². The summed E-state index contributed by atoms with van der Waals surface area (Å²) in [5.41, 5.74) is 2.28. The van der Waals surface area contributed by atoms with Crippen molar-refractivity contribution in [1.82, 2.24) is 5.32 Å². The van der Waals surface area contributed by atoms with Gasteiger partial charge in [0.05, 0.1) is 5.92 Å². The molecule has 3 nitrogen and oxygen atoms in total. The van der Waals surface area contributed by atoms with Crippen molar-refractivity contribution >= 4 is 29.0 Å². The standard InChI is InChI=1S/C17H12ClNO2/c18-13-8-4-7-12(9-13)14-10-15(20)19-17(21)16(14)11-5-2-1-3-6-11/h1-10,16H,(H,19,20,21). The van der Waals surface area contributed by atoms with Crippen LogP contribution >= 0.6 is 11.6 Å². The van der Waals surface area contributed by atoms with Crippen molar-refractivity contribution in [3.05, 3.63) is 76.8 Å². The third-order valence-electron chi connectivity index (χ3n) is 3.40. The first-order valence-electron chi connectivity index (χ1n) is 6.52. The molecule has 0 bridgehead atoms. The van der Waals surface area contributed by atoms with Gasteiger partial charge in [-0.2, -0.15) is 0 Å². The van der Waals surface area contributed by atoms with Crippen molar-refractivity contribution in [2.24, 2.45) is 0 Å². The summed E-state index contributed by atoms with van der Waals surface area (Å²) in [5.74, 6) is -1.23. The summed E-state index contributed by atoms with van der Waals surface area (Å²) < 4.78 is 0. The SMILES string of the molecule is O=C1C=C(c2cccc(Cl)c2)C(c2ccccc2)C(=O)N1. The molecule has 1 heterocycles. The van der Waals surface area contributed by atoms with Gasteiger partial charge in [-0.05, 0) is 28.8 Å². The van der Waals surface area contributed by atoms with E-state index in [-0.39, 0.29) is 5.91 Å². The molecule has 4 heteroatoms. The van der Waals surface area contributed by atoms with Gasteiger partial charge < -0.3 is 0 Å². The molecule has 0 radical (unpaired) electrons. The third kappa shape index (κ3) is 2.73. The molecule has 104 valence electrons. The Morgan fingerprint density at radius 3 is 2.43 bits per heavy atom. The van der Waals surface area contributed by atoms with E-state index in [1.165, 1.54) is 6.08 Å². The molecule has 1 unspecified atom stereocenters. The average Bonchev–Trinajstić information content (AvgIpc) is 2.47. The van der Waals surface area contributed by atoms with Crippen LogP contribution in [0.25, 0.3) is 5.57 Å². The predicted octanol–water partition coefficient (Wildman–Crippen LogP) is 3.16. The highest BCUT2D eigenvalue weighted by molar-refractivity contribution is 6.30. The van der Waals surface area contributed by atoms with Crippen molar-refractivity contribution in [3.63, 3.8) is 0 Å². The Morgan fingerprint density at radius 1 is 0.952 bits per heavy atom. The Kier molecular flexibility index (Phi) is 3.59.